The zero-order valence-electron chi connectivity index (χ0n) is 12.5. The number of aromatic nitrogens is 2. The Hall–Kier alpha value is -3.21. The summed E-state index contributed by atoms with van der Waals surface area (Å²) in [6.07, 6.45) is 1.45. The largest absolute Gasteiger partial charge is 0.465 e. The van der Waals surface area contributed by atoms with E-state index >= 15 is 0 Å². The summed E-state index contributed by atoms with van der Waals surface area (Å²) in [6.45, 7) is 0. The topological polar surface area (TPSA) is 61.3 Å². The summed E-state index contributed by atoms with van der Waals surface area (Å²) in [4.78, 5) is 19.9. The second-order valence-corrected chi connectivity index (χ2v) is 4.73. The molecule has 5 heteroatoms. The standard InChI is InChI=1S/C18H14N2O3/c1-22-18(21)14-8-5-9-15(10-14)23-17-11-16(19-12-20-17)13-6-3-2-4-7-13/h2-12H,1H3. The molecule has 0 aliphatic carbocycles. The molecule has 0 radical (unpaired) electrons. The number of esters is 1. The molecule has 0 aliphatic rings. The van der Waals surface area contributed by atoms with Crippen molar-refractivity contribution in [3.63, 3.8) is 0 Å². The minimum atomic E-state index is -0.414. The highest BCUT2D eigenvalue weighted by molar-refractivity contribution is 5.89. The van der Waals surface area contributed by atoms with Gasteiger partial charge in [0.2, 0.25) is 5.88 Å². The predicted octanol–water partition coefficient (Wildman–Crippen LogP) is 3.72. The van der Waals surface area contributed by atoms with E-state index in [9.17, 15) is 4.79 Å². The molecule has 1 aromatic heterocycles. The average molecular weight is 306 g/mol. The van der Waals surface area contributed by atoms with E-state index in [0.717, 1.165) is 11.3 Å². The fourth-order valence-corrected chi connectivity index (χ4v) is 2.09. The summed E-state index contributed by atoms with van der Waals surface area (Å²) >= 11 is 0. The van der Waals surface area contributed by atoms with Gasteiger partial charge in [-0.25, -0.2) is 14.8 Å². The van der Waals surface area contributed by atoms with Gasteiger partial charge in [-0.05, 0) is 18.2 Å². The first kappa shape index (κ1) is 14.7. The number of benzene rings is 2. The minimum absolute atomic E-state index is 0.404. The smallest absolute Gasteiger partial charge is 0.337 e. The van der Waals surface area contributed by atoms with E-state index in [1.165, 1.54) is 13.4 Å². The molecule has 0 spiro atoms. The van der Waals surface area contributed by atoms with Gasteiger partial charge in [0.25, 0.3) is 0 Å². The molecule has 0 atom stereocenters. The van der Waals surface area contributed by atoms with Crippen molar-refractivity contribution < 1.29 is 14.3 Å². The van der Waals surface area contributed by atoms with Gasteiger partial charge in [-0.1, -0.05) is 36.4 Å². The van der Waals surface area contributed by atoms with E-state index in [1.54, 1.807) is 30.3 Å². The van der Waals surface area contributed by atoms with Crippen LogP contribution in [-0.2, 0) is 4.74 Å². The SMILES string of the molecule is COC(=O)c1cccc(Oc2cc(-c3ccccc3)ncn2)c1. The second-order valence-electron chi connectivity index (χ2n) is 4.73. The predicted molar refractivity (Wildman–Crippen MR) is 85.3 cm³/mol. The van der Waals surface area contributed by atoms with Crippen LogP contribution in [0.4, 0.5) is 0 Å². The van der Waals surface area contributed by atoms with Crippen molar-refractivity contribution in [2.45, 2.75) is 0 Å². The van der Waals surface area contributed by atoms with E-state index in [4.69, 9.17) is 9.47 Å². The fourth-order valence-electron chi connectivity index (χ4n) is 2.09. The molecule has 3 aromatic rings. The van der Waals surface area contributed by atoms with Crippen molar-refractivity contribution in [1.29, 1.82) is 0 Å². The molecule has 0 N–H and O–H groups in total. The molecule has 0 saturated heterocycles. The molecule has 2 aromatic carbocycles. The van der Waals surface area contributed by atoms with E-state index in [-0.39, 0.29) is 0 Å². The van der Waals surface area contributed by atoms with Crippen molar-refractivity contribution >= 4 is 5.97 Å². The highest BCUT2D eigenvalue weighted by atomic mass is 16.5. The molecular weight excluding hydrogens is 292 g/mol. The van der Waals surface area contributed by atoms with Crippen LogP contribution in [-0.4, -0.2) is 23.0 Å². The van der Waals surface area contributed by atoms with Crippen LogP contribution < -0.4 is 4.74 Å². The lowest BCUT2D eigenvalue weighted by Crippen LogP contribution is -2.01. The Morgan fingerprint density at radius 3 is 2.57 bits per heavy atom. The van der Waals surface area contributed by atoms with Gasteiger partial charge in [-0.3, -0.25) is 0 Å². The Morgan fingerprint density at radius 2 is 1.78 bits per heavy atom. The number of rotatable bonds is 4. The number of hydrogen-bond donors (Lipinski definition) is 0. The zero-order chi connectivity index (χ0) is 16.1. The molecule has 0 saturated carbocycles. The Balaban J connectivity index is 1.85. The summed E-state index contributed by atoms with van der Waals surface area (Å²) in [5.74, 6) is 0.495. The number of carbonyl (C=O) groups is 1. The van der Waals surface area contributed by atoms with Crippen molar-refractivity contribution in [2.24, 2.45) is 0 Å². The molecule has 5 nitrogen and oxygen atoms in total. The summed E-state index contributed by atoms with van der Waals surface area (Å²) in [6, 6.07) is 18.2. The first-order valence-corrected chi connectivity index (χ1v) is 7.00. The van der Waals surface area contributed by atoms with Crippen molar-refractivity contribution in [2.75, 3.05) is 7.11 Å². The van der Waals surface area contributed by atoms with Crippen molar-refractivity contribution in [3.05, 3.63) is 72.6 Å². The van der Waals surface area contributed by atoms with Gasteiger partial charge >= 0.3 is 5.97 Å². The number of methoxy groups -OCH3 is 1. The quantitative estimate of drug-likeness (QED) is 0.687. The lowest BCUT2D eigenvalue weighted by Gasteiger charge is -2.07. The molecule has 0 bridgehead atoms. The third-order valence-corrected chi connectivity index (χ3v) is 3.19. The van der Waals surface area contributed by atoms with Crippen molar-refractivity contribution in [3.8, 4) is 22.9 Å². The van der Waals surface area contributed by atoms with Crippen LogP contribution in [0.25, 0.3) is 11.3 Å². The molecule has 23 heavy (non-hydrogen) atoms. The molecule has 3 rings (SSSR count). The summed E-state index contributed by atoms with van der Waals surface area (Å²) in [5, 5.41) is 0. The van der Waals surface area contributed by atoms with Gasteiger partial charge in [-0.15, -0.1) is 0 Å². The van der Waals surface area contributed by atoms with Gasteiger partial charge in [0.15, 0.2) is 0 Å². The summed E-state index contributed by atoms with van der Waals surface area (Å²) < 4.78 is 10.4. The van der Waals surface area contributed by atoms with E-state index in [0.29, 0.717) is 17.2 Å². The number of hydrogen-bond acceptors (Lipinski definition) is 5. The third kappa shape index (κ3) is 3.52. The molecule has 0 unspecified atom stereocenters. The molecular formula is C18H14N2O3. The molecule has 0 aliphatic heterocycles. The van der Waals surface area contributed by atoms with Gasteiger partial charge in [0.1, 0.15) is 12.1 Å². The third-order valence-electron chi connectivity index (χ3n) is 3.19. The number of nitrogens with zero attached hydrogens (tertiary/aromatic N) is 2. The normalized spacial score (nSPS) is 10.1. The minimum Gasteiger partial charge on any atom is -0.465 e. The maximum Gasteiger partial charge on any atom is 0.337 e. The molecule has 0 fully saturated rings. The Kier molecular flexibility index (Phi) is 4.29. The summed E-state index contributed by atoms with van der Waals surface area (Å²) in [7, 11) is 1.34. The Labute approximate surface area is 133 Å². The number of carbonyl (C=O) groups excluding carboxylic acids is 1. The van der Waals surface area contributed by atoms with Crippen molar-refractivity contribution in [1.82, 2.24) is 9.97 Å². The fraction of sp³-hybridized carbons (Fsp3) is 0.0556. The van der Waals surface area contributed by atoms with Crippen LogP contribution in [0, 0.1) is 0 Å². The van der Waals surface area contributed by atoms with E-state index < -0.39 is 5.97 Å². The van der Waals surface area contributed by atoms with Gasteiger partial charge < -0.3 is 9.47 Å². The Morgan fingerprint density at radius 1 is 0.957 bits per heavy atom. The maximum atomic E-state index is 11.6. The second kappa shape index (κ2) is 6.70. The number of ether oxygens (including phenoxy) is 2. The first-order valence-electron chi connectivity index (χ1n) is 7.00. The van der Waals surface area contributed by atoms with E-state index in [2.05, 4.69) is 9.97 Å². The molecule has 114 valence electrons. The van der Waals surface area contributed by atoms with Crippen LogP contribution in [0.1, 0.15) is 10.4 Å². The van der Waals surface area contributed by atoms with E-state index in [1.807, 2.05) is 30.3 Å². The average Bonchev–Trinajstić information content (AvgIpc) is 2.62. The molecule has 0 amide bonds. The Bertz CT molecular complexity index is 819. The first-order chi connectivity index (χ1) is 11.3. The van der Waals surface area contributed by atoms with Crippen LogP contribution >= 0.6 is 0 Å². The summed E-state index contributed by atoms with van der Waals surface area (Å²) in [5.41, 5.74) is 2.16. The van der Waals surface area contributed by atoms with Gasteiger partial charge in [0, 0.05) is 11.6 Å². The van der Waals surface area contributed by atoms with Gasteiger partial charge in [0.05, 0.1) is 18.4 Å². The van der Waals surface area contributed by atoms with Crippen LogP contribution in [0.2, 0.25) is 0 Å². The highest BCUT2D eigenvalue weighted by Crippen LogP contribution is 2.24. The molecule has 1 heterocycles. The highest BCUT2D eigenvalue weighted by Gasteiger charge is 2.08. The monoisotopic (exact) mass is 306 g/mol. The van der Waals surface area contributed by atoms with Crippen LogP contribution in [0.15, 0.2) is 67.0 Å². The lowest BCUT2D eigenvalue weighted by atomic mass is 10.1. The lowest BCUT2D eigenvalue weighted by molar-refractivity contribution is 0.0600. The van der Waals surface area contributed by atoms with Crippen LogP contribution in [0.3, 0.4) is 0 Å². The van der Waals surface area contributed by atoms with Crippen LogP contribution in [0.5, 0.6) is 11.6 Å². The maximum absolute atomic E-state index is 11.6. The zero-order valence-corrected chi connectivity index (χ0v) is 12.5. The van der Waals surface area contributed by atoms with Gasteiger partial charge in [-0.2, -0.15) is 0 Å².